The Labute approximate surface area is 214 Å². The highest BCUT2D eigenvalue weighted by Gasteiger charge is 2.25. The van der Waals surface area contributed by atoms with E-state index in [-0.39, 0.29) is 11.8 Å². The Hall–Kier alpha value is -3.34. The average Bonchev–Trinajstić information content (AvgIpc) is 3.48. The van der Waals surface area contributed by atoms with Gasteiger partial charge in [0.1, 0.15) is 0 Å². The van der Waals surface area contributed by atoms with Gasteiger partial charge in [-0.2, -0.15) is 5.10 Å². The van der Waals surface area contributed by atoms with Crippen molar-refractivity contribution < 1.29 is 14.3 Å². The van der Waals surface area contributed by atoms with Crippen molar-refractivity contribution in [1.29, 1.82) is 0 Å². The lowest BCUT2D eigenvalue weighted by Crippen LogP contribution is -2.40. The van der Waals surface area contributed by atoms with Gasteiger partial charge in [0.2, 0.25) is 0 Å². The quantitative estimate of drug-likeness (QED) is 0.385. The number of hydrogen-bond donors (Lipinski definition) is 1. The molecule has 1 N–H and O–H groups in total. The van der Waals surface area contributed by atoms with Crippen LogP contribution in [0.3, 0.4) is 0 Å². The van der Waals surface area contributed by atoms with Crippen LogP contribution in [0.1, 0.15) is 26.5 Å². The van der Waals surface area contributed by atoms with Crippen LogP contribution in [-0.2, 0) is 4.74 Å². The molecule has 1 aliphatic heterocycles. The number of halogens is 1. The first kappa shape index (κ1) is 23.4. The molecule has 0 aliphatic carbocycles. The number of nitrogens with zero attached hydrogens (tertiary/aromatic N) is 4. The highest BCUT2D eigenvalue weighted by molar-refractivity contribution is 9.10. The SMILES string of the molecule is Cc1nc(NC(=O)c2ccccc2)sc1-c1cc(C(=O)N2CCOCC2)nn1-c1ccc(Br)cc1. The van der Waals surface area contributed by atoms with Crippen molar-refractivity contribution >= 4 is 44.2 Å². The fourth-order valence-corrected chi connectivity index (χ4v) is 5.03. The number of aryl methyl sites for hydroxylation is 1. The molecule has 1 aliphatic rings. The third-order valence-electron chi connectivity index (χ3n) is 5.58. The molecule has 35 heavy (non-hydrogen) atoms. The molecule has 1 saturated heterocycles. The maximum absolute atomic E-state index is 13.2. The molecule has 5 rings (SSSR count). The number of amides is 2. The van der Waals surface area contributed by atoms with Crippen molar-refractivity contribution in [3.05, 3.63) is 82.1 Å². The predicted molar refractivity (Wildman–Crippen MR) is 138 cm³/mol. The number of aromatic nitrogens is 3. The summed E-state index contributed by atoms with van der Waals surface area (Å²) >= 11 is 4.82. The molecular formula is C25H22BrN5O3S. The molecule has 4 aromatic rings. The first-order chi connectivity index (χ1) is 17.0. The number of anilines is 1. The second-order valence-electron chi connectivity index (χ2n) is 7.96. The van der Waals surface area contributed by atoms with Gasteiger partial charge in [0.05, 0.1) is 35.2 Å². The van der Waals surface area contributed by atoms with Gasteiger partial charge in [-0.25, -0.2) is 9.67 Å². The third kappa shape index (κ3) is 5.04. The molecule has 0 atom stereocenters. The Morgan fingerprint density at radius 3 is 2.49 bits per heavy atom. The van der Waals surface area contributed by atoms with E-state index < -0.39 is 0 Å². The molecule has 2 aromatic carbocycles. The van der Waals surface area contributed by atoms with E-state index >= 15 is 0 Å². The zero-order chi connectivity index (χ0) is 24.4. The molecular weight excluding hydrogens is 530 g/mol. The number of hydrogen-bond acceptors (Lipinski definition) is 6. The number of rotatable bonds is 5. The Kier molecular flexibility index (Phi) is 6.76. The Morgan fingerprint density at radius 1 is 1.06 bits per heavy atom. The van der Waals surface area contributed by atoms with Gasteiger partial charge < -0.3 is 9.64 Å². The minimum absolute atomic E-state index is 0.134. The summed E-state index contributed by atoms with van der Waals surface area (Å²) in [6.07, 6.45) is 0. The summed E-state index contributed by atoms with van der Waals surface area (Å²) in [6.45, 7) is 3.99. The molecule has 0 unspecified atom stereocenters. The van der Waals surface area contributed by atoms with Crippen LogP contribution in [0.25, 0.3) is 16.3 Å². The van der Waals surface area contributed by atoms with Gasteiger partial charge in [0.15, 0.2) is 10.8 Å². The first-order valence-corrected chi connectivity index (χ1v) is 12.7. The summed E-state index contributed by atoms with van der Waals surface area (Å²) in [6, 6.07) is 18.5. The van der Waals surface area contributed by atoms with Gasteiger partial charge in [0, 0.05) is 23.1 Å². The highest BCUT2D eigenvalue weighted by atomic mass is 79.9. The Morgan fingerprint density at radius 2 is 1.77 bits per heavy atom. The summed E-state index contributed by atoms with van der Waals surface area (Å²) in [5.74, 6) is -0.360. The van der Waals surface area contributed by atoms with Gasteiger partial charge >= 0.3 is 0 Å². The molecule has 0 bridgehead atoms. The number of morpholine rings is 1. The van der Waals surface area contributed by atoms with E-state index in [4.69, 9.17) is 4.74 Å². The Bertz CT molecular complexity index is 1360. The van der Waals surface area contributed by atoms with Crippen LogP contribution in [0.5, 0.6) is 0 Å². The zero-order valence-corrected chi connectivity index (χ0v) is 21.3. The molecule has 0 spiro atoms. The zero-order valence-electron chi connectivity index (χ0n) is 18.9. The van der Waals surface area contributed by atoms with Crippen molar-refractivity contribution in [1.82, 2.24) is 19.7 Å². The minimum Gasteiger partial charge on any atom is -0.378 e. The molecule has 0 saturated carbocycles. The van der Waals surface area contributed by atoms with Crippen molar-refractivity contribution in [2.75, 3.05) is 31.6 Å². The summed E-state index contributed by atoms with van der Waals surface area (Å²) in [4.78, 5) is 33.0. The number of thiazole rings is 1. The Balaban J connectivity index is 1.51. The average molecular weight is 552 g/mol. The van der Waals surface area contributed by atoms with Crippen LogP contribution in [0.15, 0.2) is 65.1 Å². The van der Waals surface area contributed by atoms with E-state index in [0.717, 1.165) is 26.4 Å². The van der Waals surface area contributed by atoms with Crippen LogP contribution >= 0.6 is 27.3 Å². The van der Waals surface area contributed by atoms with Crippen LogP contribution < -0.4 is 5.32 Å². The lowest BCUT2D eigenvalue weighted by atomic mass is 10.2. The molecule has 178 valence electrons. The molecule has 2 aromatic heterocycles. The molecule has 1 fully saturated rings. The molecule has 10 heteroatoms. The molecule has 2 amide bonds. The number of benzene rings is 2. The third-order valence-corrected chi connectivity index (χ3v) is 7.21. The van der Waals surface area contributed by atoms with Gasteiger partial charge in [0.25, 0.3) is 11.8 Å². The van der Waals surface area contributed by atoms with E-state index in [0.29, 0.717) is 42.7 Å². The van der Waals surface area contributed by atoms with Crippen LogP contribution in [0, 0.1) is 6.92 Å². The fourth-order valence-electron chi connectivity index (χ4n) is 3.80. The van der Waals surface area contributed by atoms with E-state index in [1.165, 1.54) is 11.3 Å². The second-order valence-corrected chi connectivity index (χ2v) is 9.88. The monoisotopic (exact) mass is 551 g/mol. The van der Waals surface area contributed by atoms with E-state index in [1.807, 2.05) is 49.4 Å². The van der Waals surface area contributed by atoms with E-state index in [1.54, 1.807) is 27.8 Å². The van der Waals surface area contributed by atoms with Gasteiger partial charge in [-0.3, -0.25) is 14.9 Å². The normalized spacial score (nSPS) is 13.6. The maximum atomic E-state index is 13.2. The fraction of sp³-hybridized carbons (Fsp3) is 0.200. The number of carbonyl (C=O) groups is 2. The van der Waals surface area contributed by atoms with Crippen molar-refractivity contribution in [2.24, 2.45) is 0 Å². The summed E-state index contributed by atoms with van der Waals surface area (Å²) < 4.78 is 8.08. The number of carbonyl (C=O) groups excluding carboxylic acids is 2. The maximum Gasteiger partial charge on any atom is 0.274 e. The molecule has 0 radical (unpaired) electrons. The van der Waals surface area contributed by atoms with Gasteiger partial charge in [-0.1, -0.05) is 45.5 Å². The van der Waals surface area contributed by atoms with Crippen molar-refractivity contribution in [2.45, 2.75) is 6.92 Å². The first-order valence-electron chi connectivity index (χ1n) is 11.1. The molecule has 8 nitrogen and oxygen atoms in total. The second kappa shape index (κ2) is 10.1. The van der Waals surface area contributed by atoms with E-state index in [2.05, 4.69) is 31.3 Å². The molecule has 3 heterocycles. The number of ether oxygens (including phenoxy) is 1. The van der Waals surface area contributed by atoms with Gasteiger partial charge in [-0.05, 0) is 49.4 Å². The predicted octanol–water partition coefficient (Wildman–Crippen LogP) is 4.79. The lowest BCUT2D eigenvalue weighted by molar-refractivity contribution is 0.0298. The smallest absolute Gasteiger partial charge is 0.274 e. The topological polar surface area (TPSA) is 89.3 Å². The minimum atomic E-state index is -0.226. The summed E-state index contributed by atoms with van der Waals surface area (Å²) in [7, 11) is 0. The summed E-state index contributed by atoms with van der Waals surface area (Å²) in [5, 5.41) is 8.04. The largest absolute Gasteiger partial charge is 0.378 e. The van der Waals surface area contributed by atoms with E-state index in [9.17, 15) is 9.59 Å². The highest BCUT2D eigenvalue weighted by Crippen LogP contribution is 2.35. The lowest BCUT2D eigenvalue weighted by Gasteiger charge is -2.25. The van der Waals surface area contributed by atoms with Crippen molar-refractivity contribution in [3.63, 3.8) is 0 Å². The van der Waals surface area contributed by atoms with Crippen LogP contribution in [0.4, 0.5) is 5.13 Å². The van der Waals surface area contributed by atoms with Crippen LogP contribution in [-0.4, -0.2) is 57.8 Å². The number of nitrogens with one attached hydrogen (secondary N) is 1. The van der Waals surface area contributed by atoms with Crippen LogP contribution in [0.2, 0.25) is 0 Å². The summed E-state index contributed by atoms with van der Waals surface area (Å²) in [5.41, 5.74) is 3.20. The standard InChI is InChI=1S/C25H22BrN5O3S/c1-16-22(35-25(27-16)28-23(32)17-5-3-2-4-6-17)21-15-20(24(33)30-11-13-34-14-12-30)29-31(21)19-9-7-18(26)8-10-19/h2-10,15H,11-14H2,1H3,(H,27,28,32). The van der Waals surface area contributed by atoms with Gasteiger partial charge in [-0.15, -0.1) is 0 Å². The van der Waals surface area contributed by atoms with Crippen molar-refractivity contribution in [3.8, 4) is 16.3 Å².